The first-order valence-electron chi connectivity index (χ1n) is 6.43. The molecular formula is C15H17N3O. The largest absolute Gasteiger partial charge is 0.839 e. The Kier molecular flexibility index (Phi) is 3.29. The van der Waals surface area contributed by atoms with Gasteiger partial charge in [-0.2, -0.15) is 0 Å². The number of aromatic nitrogens is 1. The maximum atomic E-state index is 12.1. The standard InChI is InChI=1S/C15H17N3O/c1-18-9-7-12(8-10-18)14-13(15(19)17-16-14)11-5-3-2-4-6-11/h2-10,13-17H,1H3. The van der Waals surface area contributed by atoms with Gasteiger partial charge in [0, 0.05) is 18.1 Å². The van der Waals surface area contributed by atoms with Crippen LogP contribution in [0.3, 0.4) is 0 Å². The van der Waals surface area contributed by atoms with Crippen LogP contribution in [0.2, 0.25) is 0 Å². The smallest absolute Gasteiger partial charge is 0.168 e. The summed E-state index contributed by atoms with van der Waals surface area (Å²) in [6.07, 6.45) is 3.16. The molecule has 1 fully saturated rings. The second-order valence-electron chi connectivity index (χ2n) is 4.92. The number of aryl methyl sites for hydroxylation is 1. The fourth-order valence-electron chi connectivity index (χ4n) is 2.58. The minimum Gasteiger partial charge on any atom is -0.839 e. The Morgan fingerprint density at radius 2 is 1.63 bits per heavy atom. The van der Waals surface area contributed by atoms with Crippen molar-refractivity contribution in [3.05, 3.63) is 66.0 Å². The van der Waals surface area contributed by atoms with Gasteiger partial charge in [-0.25, -0.2) is 4.57 Å². The summed E-state index contributed by atoms with van der Waals surface area (Å²) < 4.78 is 1.98. The molecule has 2 aromatic rings. The van der Waals surface area contributed by atoms with E-state index in [1.165, 1.54) is 0 Å². The molecular weight excluding hydrogens is 238 g/mol. The van der Waals surface area contributed by atoms with Crippen LogP contribution in [0.5, 0.6) is 0 Å². The Balaban J connectivity index is 1.94. The van der Waals surface area contributed by atoms with E-state index in [2.05, 4.69) is 10.9 Å². The van der Waals surface area contributed by atoms with Gasteiger partial charge >= 0.3 is 0 Å². The van der Waals surface area contributed by atoms with Crippen LogP contribution in [-0.2, 0) is 7.05 Å². The van der Waals surface area contributed by atoms with Gasteiger partial charge in [0.05, 0.1) is 6.04 Å². The van der Waals surface area contributed by atoms with Crippen LogP contribution < -0.4 is 20.5 Å². The third kappa shape index (κ3) is 2.38. The van der Waals surface area contributed by atoms with Crippen molar-refractivity contribution in [1.82, 2.24) is 10.9 Å². The first kappa shape index (κ1) is 12.3. The molecule has 0 aliphatic carbocycles. The molecule has 4 nitrogen and oxygen atoms in total. The lowest BCUT2D eigenvalue weighted by Crippen LogP contribution is -2.41. The van der Waals surface area contributed by atoms with Gasteiger partial charge in [-0.1, -0.05) is 30.3 Å². The number of hydrogen-bond acceptors (Lipinski definition) is 3. The van der Waals surface area contributed by atoms with E-state index in [1.807, 2.05) is 66.5 Å². The number of hydrazine groups is 1. The Labute approximate surface area is 112 Å². The van der Waals surface area contributed by atoms with Crippen LogP contribution in [0.25, 0.3) is 0 Å². The van der Waals surface area contributed by atoms with Crippen molar-refractivity contribution in [2.45, 2.75) is 18.2 Å². The summed E-state index contributed by atoms with van der Waals surface area (Å²) in [5.41, 5.74) is 8.13. The van der Waals surface area contributed by atoms with Crippen molar-refractivity contribution >= 4 is 0 Å². The Morgan fingerprint density at radius 1 is 0.947 bits per heavy atom. The molecule has 1 aliphatic rings. The highest BCUT2D eigenvalue weighted by molar-refractivity contribution is 5.28. The summed E-state index contributed by atoms with van der Waals surface area (Å²) >= 11 is 0. The predicted molar refractivity (Wildman–Crippen MR) is 69.6 cm³/mol. The van der Waals surface area contributed by atoms with Crippen molar-refractivity contribution in [2.75, 3.05) is 0 Å². The van der Waals surface area contributed by atoms with E-state index in [0.717, 1.165) is 11.1 Å². The predicted octanol–water partition coefficient (Wildman–Crippen LogP) is 0.130. The van der Waals surface area contributed by atoms with Crippen LogP contribution in [0, 0.1) is 0 Å². The molecule has 3 rings (SSSR count). The van der Waals surface area contributed by atoms with Crippen molar-refractivity contribution in [3.8, 4) is 0 Å². The first-order valence-corrected chi connectivity index (χ1v) is 6.43. The van der Waals surface area contributed by atoms with Gasteiger partial charge in [0.15, 0.2) is 12.4 Å². The molecule has 0 amide bonds. The summed E-state index contributed by atoms with van der Waals surface area (Å²) in [6, 6.07) is 14.0. The lowest BCUT2D eigenvalue weighted by atomic mass is 9.88. The Morgan fingerprint density at radius 3 is 2.32 bits per heavy atom. The molecule has 0 saturated carbocycles. The number of hydrogen-bond donors (Lipinski definition) is 2. The summed E-state index contributed by atoms with van der Waals surface area (Å²) in [4.78, 5) is 0. The minimum absolute atomic E-state index is 0.00565. The van der Waals surface area contributed by atoms with Crippen molar-refractivity contribution < 1.29 is 9.67 Å². The monoisotopic (exact) mass is 255 g/mol. The average molecular weight is 255 g/mol. The fraction of sp³-hybridized carbons (Fsp3) is 0.267. The van der Waals surface area contributed by atoms with Crippen LogP contribution in [0.15, 0.2) is 54.9 Å². The first-order chi connectivity index (χ1) is 9.25. The summed E-state index contributed by atoms with van der Waals surface area (Å²) in [5.74, 6) is -0.103. The van der Waals surface area contributed by atoms with Crippen molar-refractivity contribution in [1.29, 1.82) is 0 Å². The molecule has 4 heteroatoms. The van der Waals surface area contributed by atoms with Gasteiger partial charge in [0.2, 0.25) is 0 Å². The van der Waals surface area contributed by atoms with Gasteiger partial charge in [-0.05, 0) is 17.4 Å². The van der Waals surface area contributed by atoms with Crippen LogP contribution in [-0.4, -0.2) is 6.23 Å². The van der Waals surface area contributed by atoms with E-state index in [4.69, 9.17) is 0 Å². The zero-order chi connectivity index (χ0) is 13.2. The van der Waals surface area contributed by atoms with E-state index in [-0.39, 0.29) is 12.0 Å². The maximum absolute atomic E-state index is 12.1. The van der Waals surface area contributed by atoms with E-state index >= 15 is 0 Å². The van der Waals surface area contributed by atoms with Gasteiger partial charge in [-0.15, -0.1) is 0 Å². The summed E-state index contributed by atoms with van der Waals surface area (Å²) in [6.45, 7) is 0. The molecule has 0 bridgehead atoms. The van der Waals surface area contributed by atoms with Crippen LogP contribution in [0.1, 0.15) is 23.1 Å². The van der Waals surface area contributed by atoms with Gasteiger partial charge in [0.25, 0.3) is 0 Å². The normalized spacial score (nSPS) is 26.5. The Bertz CT molecular complexity index is 541. The highest BCUT2D eigenvalue weighted by atomic mass is 16.3. The third-order valence-corrected chi connectivity index (χ3v) is 3.61. The maximum Gasteiger partial charge on any atom is 0.168 e. The number of rotatable bonds is 2. The second kappa shape index (κ2) is 5.09. The van der Waals surface area contributed by atoms with E-state index in [9.17, 15) is 5.11 Å². The quantitative estimate of drug-likeness (QED) is 0.750. The molecule has 0 radical (unpaired) electrons. The van der Waals surface area contributed by atoms with E-state index in [0.29, 0.717) is 0 Å². The topological polar surface area (TPSA) is 51.0 Å². The third-order valence-electron chi connectivity index (χ3n) is 3.61. The number of benzene rings is 1. The van der Waals surface area contributed by atoms with Gasteiger partial charge in [-0.3, -0.25) is 10.9 Å². The zero-order valence-electron chi connectivity index (χ0n) is 10.8. The molecule has 2 N–H and O–H groups in total. The second-order valence-corrected chi connectivity index (χ2v) is 4.92. The highest BCUT2D eigenvalue weighted by Crippen LogP contribution is 2.34. The summed E-state index contributed by atoms with van der Waals surface area (Å²) in [7, 11) is 1.98. The minimum atomic E-state index is -0.832. The Hall–Kier alpha value is -1.75. The molecule has 1 aliphatic heterocycles. The highest BCUT2D eigenvalue weighted by Gasteiger charge is 2.32. The zero-order valence-corrected chi connectivity index (χ0v) is 10.8. The molecule has 1 aromatic heterocycles. The summed E-state index contributed by atoms with van der Waals surface area (Å²) in [5, 5.41) is 12.1. The van der Waals surface area contributed by atoms with Crippen LogP contribution in [0.4, 0.5) is 0 Å². The lowest BCUT2D eigenvalue weighted by Gasteiger charge is -2.27. The van der Waals surface area contributed by atoms with E-state index in [1.54, 1.807) is 0 Å². The molecule has 98 valence electrons. The average Bonchev–Trinajstić information content (AvgIpc) is 2.82. The van der Waals surface area contributed by atoms with Crippen molar-refractivity contribution in [3.63, 3.8) is 0 Å². The molecule has 2 heterocycles. The van der Waals surface area contributed by atoms with Gasteiger partial charge < -0.3 is 5.11 Å². The lowest BCUT2D eigenvalue weighted by molar-refractivity contribution is -0.671. The number of nitrogens with zero attached hydrogens (tertiary/aromatic N) is 1. The fourth-order valence-corrected chi connectivity index (χ4v) is 2.58. The molecule has 1 saturated heterocycles. The van der Waals surface area contributed by atoms with Crippen molar-refractivity contribution in [2.24, 2.45) is 7.05 Å². The number of nitrogens with one attached hydrogen (secondary N) is 2. The molecule has 0 spiro atoms. The molecule has 3 atom stereocenters. The molecule has 19 heavy (non-hydrogen) atoms. The van der Waals surface area contributed by atoms with Crippen LogP contribution >= 0.6 is 0 Å². The van der Waals surface area contributed by atoms with Gasteiger partial charge in [0.1, 0.15) is 7.05 Å². The number of pyridine rings is 1. The van der Waals surface area contributed by atoms with E-state index < -0.39 is 6.23 Å². The SMILES string of the molecule is C[n+]1ccc(C2NNC([O-])C2c2ccccc2)cc1. The molecule has 1 aromatic carbocycles. The molecule has 3 unspecified atom stereocenters.